The molecule has 20 heavy (non-hydrogen) atoms. The summed E-state index contributed by atoms with van der Waals surface area (Å²) in [5.74, 6) is -16.6. The quantitative estimate of drug-likeness (QED) is 0.565. The van der Waals surface area contributed by atoms with Gasteiger partial charge >= 0.3 is 24.7 Å². The van der Waals surface area contributed by atoms with Gasteiger partial charge in [-0.05, 0) is 0 Å². The third-order valence-electron chi connectivity index (χ3n) is 3.06. The highest BCUT2D eigenvalue weighted by Crippen LogP contribution is 2.67. The molecule has 0 aliphatic heterocycles. The van der Waals surface area contributed by atoms with Crippen LogP contribution < -0.4 is 0 Å². The van der Waals surface area contributed by atoms with Gasteiger partial charge in [-0.2, -0.15) is 52.7 Å². The van der Waals surface area contributed by atoms with E-state index in [0.29, 0.717) is 0 Å². The first-order chi connectivity index (χ1) is 8.49. The van der Waals surface area contributed by atoms with Crippen molar-refractivity contribution >= 4 is 0 Å². The molecule has 0 nitrogen and oxygen atoms in total. The van der Waals surface area contributed by atoms with E-state index in [1.807, 2.05) is 0 Å². The Morgan fingerprint density at radius 1 is 0.300 bits per heavy atom. The molecule has 1 aliphatic rings. The van der Waals surface area contributed by atoms with Crippen LogP contribution >= 0.6 is 0 Å². The molecule has 0 saturated heterocycles. The first-order valence-corrected chi connectivity index (χ1v) is 4.76. The SMILES string of the molecule is FC(F)(F)C1C(C(F)(F)F)C(C(F)(F)F)C1C(F)(F)F. The Labute approximate surface area is 102 Å². The van der Waals surface area contributed by atoms with Crippen molar-refractivity contribution in [1.82, 2.24) is 0 Å². The molecule has 120 valence electrons. The minimum absolute atomic E-state index is 4.14. The molecule has 1 rings (SSSR count). The molecular formula is C8H4F12. The Morgan fingerprint density at radius 3 is 0.450 bits per heavy atom. The van der Waals surface area contributed by atoms with Crippen LogP contribution in [-0.2, 0) is 0 Å². The molecule has 0 bridgehead atoms. The topological polar surface area (TPSA) is 0 Å². The molecule has 0 unspecified atom stereocenters. The van der Waals surface area contributed by atoms with Crippen LogP contribution in [0.15, 0.2) is 0 Å². The molecule has 12 heteroatoms. The van der Waals surface area contributed by atoms with E-state index in [9.17, 15) is 52.7 Å². The van der Waals surface area contributed by atoms with E-state index in [2.05, 4.69) is 0 Å². The number of rotatable bonds is 0. The summed E-state index contributed by atoms with van der Waals surface area (Å²) in [4.78, 5) is 0. The zero-order chi connectivity index (χ0) is 16.3. The Morgan fingerprint density at radius 2 is 0.400 bits per heavy atom. The second kappa shape index (κ2) is 4.33. The maximum absolute atomic E-state index is 12.3. The lowest BCUT2D eigenvalue weighted by atomic mass is 9.55. The normalized spacial score (nSPS) is 33.0. The number of alkyl halides is 12. The number of halogens is 12. The van der Waals surface area contributed by atoms with Gasteiger partial charge in [0.1, 0.15) is 0 Å². The van der Waals surface area contributed by atoms with Gasteiger partial charge < -0.3 is 0 Å². The largest absolute Gasteiger partial charge is 0.393 e. The predicted molar refractivity (Wildman–Crippen MR) is 38.2 cm³/mol. The third kappa shape index (κ3) is 2.92. The Kier molecular flexibility index (Phi) is 3.72. The molecule has 0 amide bonds. The summed E-state index contributed by atoms with van der Waals surface area (Å²) in [5, 5.41) is 0. The highest BCUT2D eigenvalue weighted by molar-refractivity contribution is 5.08. The van der Waals surface area contributed by atoms with Gasteiger partial charge in [-0.25, -0.2) is 0 Å². The molecule has 0 radical (unpaired) electrons. The van der Waals surface area contributed by atoms with Crippen LogP contribution in [0.4, 0.5) is 52.7 Å². The molecule has 0 aromatic heterocycles. The van der Waals surface area contributed by atoms with Crippen molar-refractivity contribution in [3.63, 3.8) is 0 Å². The van der Waals surface area contributed by atoms with Crippen molar-refractivity contribution in [3.05, 3.63) is 0 Å². The molecular weight excluding hydrogens is 324 g/mol. The fourth-order valence-electron chi connectivity index (χ4n) is 2.38. The first kappa shape index (κ1) is 17.2. The summed E-state index contributed by atoms with van der Waals surface area (Å²) in [6.45, 7) is 0. The average Bonchev–Trinajstić information content (AvgIpc) is 1.86. The lowest BCUT2D eigenvalue weighted by Crippen LogP contribution is -2.67. The molecule has 0 aromatic carbocycles. The van der Waals surface area contributed by atoms with Crippen LogP contribution in [0.25, 0.3) is 0 Å². The fraction of sp³-hybridized carbons (Fsp3) is 1.00. The van der Waals surface area contributed by atoms with Gasteiger partial charge in [0.05, 0.1) is 23.7 Å². The van der Waals surface area contributed by atoms with Crippen molar-refractivity contribution in [3.8, 4) is 0 Å². The van der Waals surface area contributed by atoms with Gasteiger partial charge in [-0.3, -0.25) is 0 Å². The maximum atomic E-state index is 12.3. The Bertz CT molecular complexity index is 274. The summed E-state index contributed by atoms with van der Waals surface area (Å²) in [5.41, 5.74) is 0. The highest BCUT2D eigenvalue weighted by Gasteiger charge is 2.81. The van der Waals surface area contributed by atoms with Crippen LogP contribution in [0.3, 0.4) is 0 Å². The van der Waals surface area contributed by atoms with Gasteiger partial charge in [0.2, 0.25) is 0 Å². The van der Waals surface area contributed by atoms with E-state index >= 15 is 0 Å². The van der Waals surface area contributed by atoms with Crippen LogP contribution in [-0.4, -0.2) is 24.7 Å². The van der Waals surface area contributed by atoms with Crippen molar-refractivity contribution in [1.29, 1.82) is 0 Å². The second-order valence-corrected chi connectivity index (χ2v) is 4.27. The average molecular weight is 328 g/mol. The van der Waals surface area contributed by atoms with Gasteiger partial charge in [0.25, 0.3) is 0 Å². The maximum Gasteiger partial charge on any atom is 0.393 e. The Hall–Kier alpha value is -0.840. The monoisotopic (exact) mass is 328 g/mol. The van der Waals surface area contributed by atoms with Crippen LogP contribution in [0.5, 0.6) is 0 Å². The van der Waals surface area contributed by atoms with Gasteiger partial charge in [-0.1, -0.05) is 0 Å². The predicted octanol–water partition coefficient (Wildman–Crippen LogP) is 4.71. The van der Waals surface area contributed by atoms with Crippen molar-refractivity contribution in [2.45, 2.75) is 24.7 Å². The lowest BCUT2D eigenvalue weighted by Gasteiger charge is -2.53. The van der Waals surface area contributed by atoms with Crippen LogP contribution in [0.1, 0.15) is 0 Å². The standard InChI is InChI=1S/C8H4F12/c9-5(10,11)1-2(6(12,13)14)4(8(18,19)20)3(1)7(15,16)17/h1-4H. The fourth-order valence-corrected chi connectivity index (χ4v) is 2.38. The first-order valence-electron chi connectivity index (χ1n) is 4.76. The summed E-state index contributed by atoms with van der Waals surface area (Å²) in [7, 11) is 0. The van der Waals surface area contributed by atoms with Crippen molar-refractivity contribution in [2.24, 2.45) is 23.7 Å². The Balaban J connectivity index is 3.33. The molecule has 1 aliphatic carbocycles. The van der Waals surface area contributed by atoms with E-state index < -0.39 is 48.4 Å². The molecule has 0 N–H and O–H groups in total. The van der Waals surface area contributed by atoms with Gasteiger partial charge in [-0.15, -0.1) is 0 Å². The zero-order valence-corrected chi connectivity index (χ0v) is 8.84. The molecule has 0 atom stereocenters. The van der Waals surface area contributed by atoms with E-state index in [4.69, 9.17) is 0 Å². The lowest BCUT2D eigenvalue weighted by molar-refractivity contribution is -0.414. The van der Waals surface area contributed by atoms with Gasteiger partial charge in [0, 0.05) is 0 Å². The van der Waals surface area contributed by atoms with Crippen LogP contribution in [0.2, 0.25) is 0 Å². The van der Waals surface area contributed by atoms with E-state index in [-0.39, 0.29) is 0 Å². The van der Waals surface area contributed by atoms with Crippen LogP contribution in [0, 0.1) is 23.7 Å². The number of hydrogen-bond donors (Lipinski definition) is 0. The minimum Gasteiger partial charge on any atom is -0.171 e. The molecule has 1 fully saturated rings. The number of hydrogen-bond acceptors (Lipinski definition) is 0. The highest BCUT2D eigenvalue weighted by atomic mass is 19.4. The van der Waals surface area contributed by atoms with Crippen molar-refractivity contribution in [2.75, 3.05) is 0 Å². The molecule has 0 heterocycles. The van der Waals surface area contributed by atoms with E-state index in [0.717, 1.165) is 0 Å². The van der Waals surface area contributed by atoms with E-state index in [1.54, 1.807) is 0 Å². The summed E-state index contributed by atoms with van der Waals surface area (Å²) >= 11 is 0. The summed E-state index contributed by atoms with van der Waals surface area (Å²) < 4.78 is 147. The molecule has 1 saturated carbocycles. The molecule has 0 spiro atoms. The third-order valence-corrected chi connectivity index (χ3v) is 3.06. The minimum atomic E-state index is -6.04. The second-order valence-electron chi connectivity index (χ2n) is 4.27. The van der Waals surface area contributed by atoms with Gasteiger partial charge in [0.15, 0.2) is 0 Å². The smallest absolute Gasteiger partial charge is 0.171 e. The summed E-state index contributed by atoms with van der Waals surface area (Å²) in [6.07, 6.45) is -24.2. The zero-order valence-electron chi connectivity index (χ0n) is 8.84. The summed E-state index contributed by atoms with van der Waals surface area (Å²) in [6, 6.07) is 0. The van der Waals surface area contributed by atoms with E-state index in [1.165, 1.54) is 0 Å². The molecule has 0 aromatic rings. The van der Waals surface area contributed by atoms with Crippen molar-refractivity contribution < 1.29 is 52.7 Å².